The fourth-order valence-corrected chi connectivity index (χ4v) is 8.17. The average molecular weight is 422 g/mol. The van der Waals surface area contributed by atoms with Crippen LogP contribution in [-0.4, -0.2) is 35.9 Å². The predicted octanol–water partition coefficient (Wildman–Crippen LogP) is 5.66. The van der Waals surface area contributed by atoms with Gasteiger partial charge in [0.2, 0.25) is 0 Å². The maximum absolute atomic E-state index is 9.19. The van der Waals surface area contributed by atoms with Gasteiger partial charge in [0, 0.05) is 48.2 Å². The van der Waals surface area contributed by atoms with E-state index >= 15 is 0 Å². The van der Waals surface area contributed by atoms with Crippen LogP contribution in [0.1, 0.15) is 79.9 Å². The minimum Gasteiger partial charge on any atom is -0.352 e. The van der Waals surface area contributed by atoms with Crippen molar-refractivity contribution in [1.29, 1.82) is 0 Å². The van der Waals surface area contributed by atoms with Crippen LogP contribution in [-0.2, 0) is 4.74 Å². The van der Waals surface area contributed by atoms with Gasteiger partial charge in [-0.15, -0.1) is 11.8 Å². The average Bonchev–Trinajstić information content (AvgIpc) is 3.28. The van der Waals surface area contributed by atoms with Gasteiger partial charge in [-0.2, -0.15) is 0 Å². The van der Waals surface area contributed by atoms with Crippen LogP contribution >= 0.6 is 11.8 Å². The molecule has 1 aliphatic carbocycles. The minimum absolute atomic E-state index is 0.0641. The fraction of sp³-hybridized carbons (Fsp3) is 0.880. The second-order valence-corrected chi connectivity index (χ2v) is 12.3. The minimum atomic E-state index is -2.13. The first-order valence-corrected chi connectivity index (χ1v) is 12.5. The molecule has 0 spiro atoms. The molecule has 4 heteroatoms. The van der Waals surface area contributed by atoms with Gasteiger partial charge in [0.05, 0.1) is 6.10 Å². The van der Waals surface area contributed by atoms with Gasteiger partial charge in [-0.1, -0.05) is 40.2 Å². The summed E-state index contributed by atoms with van der Waals surface area (Å²) in [7, 11) is 0. The second-order valence-electron chi connectivity index (χ2n) is 10.8. The molecule has 0 amide bonds. The summed E-state index contributed by atoms with van der Waals surface area (Å²) in [5, 5.41) is 4.03. The van der Waals surface area contributed by atoms with Crippen molar-refractivity contribution in [2.75, 3.05) is 6.54 Å². The van der Waals surface area contributed by atoms with Crippen molar-refractivity contribution in [3.8, 4) is 0 Å². The highest BCUT2D eigenvalue weighted by atomic mass is 32.2. The number of rotatable bonds is 2. The number of fused-ring (bicyclic) bond motifs is 4. The topological polar surface area (TPSA) is 33.6 Å². The molecular formula is C25H40N2OS. The van der Waals surface area contributed by atoms with E-state index in [0.717, 1.165) is 32.2 Å². The summed E-state index contributed by atoms with van der Waals surface area (Å²) in [5.74, 6) is 1.12. The Morgan fingerprint density at radius 2 is 2.10 bits per heavy atom. The Morgan fingerprint density at radius 3 is 2.90 bits per heavy atom. The Kier molecular flexibility index (Phi) is 4.09. The number of thioether (sulfide) groups is 1. The predicted molar refractivity (Wildman–Crippen MR) is 123 cm³/mol. The third kappa shape index (κ3) is 3.76. The number of ether oxygens (including phenoxy) is 1. The summed E-state index contributed by atoms with van der Waals surface area (Å²) in [6.45, 7) is 6.97. The van der Waals surface area contributed by atoms with Crippen molar-refractivity contribution >= 4 is 17.5 Å². The first kappa shape index (κ1) is 15.5. The molecule has 4 heterocycles. The maximum atomic E-state index is 9.19. The number of nitrogens with zero attached hydrogens (tertiary/aromatic N) is 1. The van der Waals surface area contributed by atoms with Crippen molar-refractivity contribution < 1.29 is 11.6 Å². The third-order valence-corrected chi connectivity index (χ3v) is 9.15. The third-order valence-electron chi connectivity index (χ3n) is 7.78. The molecule has 5 aliphatic rings. The zero-order valence-electron chi connectivity index (χ0n) is 23.3. The summed E-state index contributed by atoms with van der Waals surface area (Å²) in [6.07, 6.45) is 5.48. The summed E-state index contributed by atoms with van der Waals surface area (Å²) < 4.78 is 48.4. The Bertz CT molecular complexity index is 866. The first-order chi connectivity index (χ1) is 15.8. The van der Waals surface area contributed by atoms with Gasteiger partial charge in [-0.05, 0) is 61.1 Å². The van der Waals surface area contributed by atoms with Crippen molar-refractivity contribution in [2.45, 2.75) is 96.6 Å². The number of hydrogen-bond donors (Lipinski definition) is 1. The van der Waals surface area contributed by atoms with Crippen LogP contribution in [0.4, 0.5) is 0 Å². The zero-order valence-corrected chi connectivity index (χ0v) is 19.1. The van der Waals surface area contributed by atoms with Crippen LogP contribution in [0.5, 0.6) is 0 Å². The van der Waals surface area contributed by atoms with Crippen molar-refractivity contribution in [2.24, 2.45) is 40.0 Å². The molecule has 1 saturated carbocycles. The zero-order chi connectivity index (χ0) is 24.6. The number of hydrogen-bond acceptors (Lipinski definition) is 4. The molecule has 1 N–H and O–H groups in total. The Labute approximate surface area is 188 Å². The molecule has 4 aliphatic heterocycles. The first-order valence-electron chi connectivity index (χ1n) is 14.1. The lowest BCUT2D eigenvalue weighted by molar-refractivity contribution is -0.0363. The maximum Gasteiger partial charge on any atom is 0.151 e. The molecule has 0 radical (unpaired) electrons. The summed E-state index contributed by atoms with van der Waals surface area (Å²) in [5.41, 5.74) is -0.123. The smallest absolute Gasteiger partial charge is 0.151 e. The van der Waals surface area contributed by atoms with Crippen LogP contribution in [0.25, 0.3) is 0 Å². The van der Waals surface area contributed by atoms with E-state index in [4.69, 9.17) is 8.85 Å². The summed E-state index contributed by atoms with van der Waals surface area (Å²) in [4.78, 5) is 5.98. The van der Waals surface area contributed by atoms with E-state index in [0.29, 0.717) is 29.9 Å². The largest absolute Gasteiger partial charge is 0.352 e. The molecule has 5 unspecified atom stereocenters. The highest BCUT2D eigenvalue weighted by molar-refractivity contribution is 8.04. The molecule has 162 valence electrons. The van der Waals surface area contributed by atoms with E-state index in [2.05, 4.69) is 23.3 Å². The summed E-state index contributed by atoms with van der Waals surface area (Å²) in [6, 6.07) is 0.180. The van der Waals surface area contributed by atoms with Gasteiger partial charge < -0.3 is 10.1 Å². The Hall–Kier alpha value is -0.320. The Balaban J connectivity index is 1.45. The molecule has 5 rings (SSSR count). The van der Waals surface area contributed by atoms with Gasteiger partial charge in [0.25, 0.3) is 0 Å². The quantitative estimate of drug-likeness (QED) is 0.625. The van der Waals surface area contributed by atoms with Crippen LogP contribution < -0.4 is 5.32 Å². The van der Waals surface area contributed by atoms with E-state index in [1.54, 1.807) is 0 Å². The molecule has 3 nitrogen and oxygen atoms in total. The molecule has 0 aromatic heterocycles. The summed E-state index contributed by atoms with van der Waals surface area (Å²) >= 11 is 1.87. The molecule has 0 aromatic rings. The normalized spacial score (nSPS) is 50.6. The van der Waals surface area contributed by atoms with Gasteiger partial charge in [0.1, 0.15) is 0 Å². The van der Waals surface area contributed by atoms with Crippen molar-refractivity contribution in [1.82, 2.24) is 5.32 Å². The number of nitrogens with one attached hydrogen (secondary N) is 1. The van der Waals surface area contributed by atoms with Crippen molar-refractivity contribution in [3.05, 3.63) is 11.0 Å². The van der Waals surface area contributed by atoms with Gasteiger partial charge in [0.15, 0.2) is 6.23 Å². The molecule has 0 bridgehead atoms. The van der Waals surface area contributed by atoms with Crippen LogP contribution in [0, 0.1) is 35.0 Å². The van der Waals surface area contributed by atoms with Crippen molar-refractivity contribution in [3.63, 3.8) is 0 Å². The van der Waals surface area contributed by atoms with Crippen LogP contribution in [0.15, 0.2) is 16.0 Å². The molecule has 3 fully saturated rings. The van der Waals surface area contributed by atoms with Gasteiger partial charge >= 0.3 is 0 Å². The van der Waals surface area contributed by atoms with Crippen LogP contribution in [0.3, 0.4) is 0 Å². The standard InChI is InChI=1S/C25H40N2OS/c1-14-9-10-17-16-7-6-8-18(23(16)28-24(17)27-14)22-21-19(13-25(3,4)5)15(2)29-20(21)11-12-26-22/h11,15-19,21-24,26H,6-10,12-13H2,1-5H3/t15-,16+,17?,18?,19?,21?,22+,23-,24?/m1/s1/i1D3,13D2. The Morgan fingerprint density at radius 1 is 1.28 bits per heavy atom. The monoisotopic (exact) mass is 421 g/mol. The lowest BCUT2D eigenvalue weighted by atomic mass is 9.65. The van der Waals surface area contributed by atoms with E-state index in [1.807, 2.05) is 32.5 Å². The molecule has 29 heavy (non-hydrogen) atoms. The van der Waals surface area contributed by atoms with Gasteiger partial charge in [-0.3, -0.25) is 4.99 Å². The highest BCUT2D eigenvalue weighted by Gasteiger charge is 2.55. The molecular weight excluding hydrogens is 376 g/mol. The number of aliphatic imine (C=N–C) groups is 1. The van der Waals surface area contributed by atoms with E-state index in [1.165, 1.54) is 4.91 Å². The second kappa shape index (κ2) is 7.67. The van der Waals surface area contributed by atoms with E-state index < -0.39 is 18.6 Å². The lowest BCUT2D eigenvalue weighted by Gasteiger charge is -2.45. The SMILES string of the molecule is [2H]C([2H])([2H])C1=NC2O[C@H]3C([C@@H]4NCC=C5S[C@H](C)C(C([2H])([2H])C(C)(C)C)C54)CCC[C@H]3C2CC1. The fourth-order valence-electron chi connectivity index (χ4n) is 6.72. The van der Waals surface area contributed by atoms with Crippen LogP contribution in [0.2, 0.25) is 0 Å². The molecule has 0 aromatic carbocycles. The molecule has 9 atom stereocenters. The van der Waals surface area contributed by atoms with Gasteiger partial charge in [-0.25, -0.2) is 0 Å². The van der Waals surface area contributed by atoms with E-state index in [9.17, 15) is 2.74 Å². The molecule has 2 saturated heterocycles. The lowest BCUT2D eigenvalue weighted by Crippen LogP contribution is -2.53. The highest BCUT2D eigenvalue weighted by Crippen LogP contribution is 2.56. The van der Waals surface area contributed by atoms with E-state index in [-0.39, 0.29) is 35.5 Å².